The first-order chi connectivity index (χ1) is 8.42. The molecule has 0 aromatic carbocycles. The highest BCUT2D eigenvalue weighted by Gasteiger charge is 2.47. The minimum absolute atomic E-state index is 0.279. The number of fused-ring (bicyclic) bond motifs is 1. The summed E-state index contributed by atoms with van der Waals surface area (Å²) in [5.74, 6) is 0. The van der Waals surface area contributed by atoms with E-state index in [2.05, 4.69) is 37.1 Å². The fourth-order valence-corrected chi connectivity index (χ4v) is 4.72. The second-order valence-electron chi connectivity index (χ2n) is 6.97. The maximum Gasteiger partial charge on any atom is 0.0367 e. The monoisotopic (exact) mass is 264 g/mol. The highest BCUT2D eigenvalue weighted by molar-refractivity contribution is 7.10. The molecule has 1 aliphatic heterocycles. The molecule has 1 aromatic heterocycles. The first-order valence-electron chi connectivity index (χ1n) is 6.99. The maximum atomic E-state index is 6.54. The number of piperidine rings is 1. The molecule has 1 fully saturated rings. The van der Waals surface area contributed by atoms with E-state index in [-0.39, 0.29) is 6.04 Å². The third-order valence-corrected chi connectivity index (χ3v) is 5.93. The Morgan fingerprint density at radius 2 is 2.00 bits per heavy atom. The number of nitrogens with zero attached hydrogens (tertiary/aromatic N) is 1. The van der Waals surface area contributed by atoms with E-state index in [4.69, 9.17) is 5.73 Å². The second kappa shape index (κ2) is 4.06. The van der Waals surface area contributed by atoms with Crippen molar-refractivity contribution in [2.24, 2.45) is 11.1 Å². The van der Waals surface area contributed by atoms with Crippen LogP contribution in [0.25, 0.3) is 0 Å². The molecule has 1 aliphatic carbocycles. The molecule has 0 radical (unpaired) electrons. The standard InChI is InChI=1S/C15H24N2S/c1-14(2,3)17-7-5-15(6-8-17)10-12-11(13(15)16)4-9-18-12/h4,9,13H,5-8,10,16H2,1-3H3. The number of nitrogens with two attached hydrogens (primary N) is 1. The third kappa shape index (κ3) is 1.84. The number of hydrogen-bond donors (Lipinski definition) is 1. The van der Waals surface area contributed by atoms with Crippen molar-refractivity contribution < 1.29 is 0 Å². The maximum absolute atomic E-state index is 6.54. The molecule has 100 valence electrons. The normalized spacial score (nSPS) is 27.7. The van der Waals surface area contributed by atoms with Crippen molar-refractivity contribution in [3.05, 3.63) is 21.9 Å². The fraction of sp³-hybridized carbons (Fsp3) is 0.733. The first-order valence-corrected chi connectivity index (χ1v) is 7.87. The van der Waals surface area contributed by atoms with Crippen LogP contribution in [0, 0.1) is 5.41 Å². The Labute approximate surface area is 114 Å². The molecule has 0 bridgehead atoms. The van der Waals surface area contributed by atoms with E-state index in [1.807, 2.05) is 11.3 Å². The van der Waals surface area contributed by atoms with Crippen LogP contribution < -0.4 is 5.73 Å². The van der Waals surface area contributed by atoms with Crippen molar-refractivity contribution in [3.63, 3.8) is 0 Å². The Bertz CT molecular complexity index is 436. The molecule has 3 heteroatoms. The summed E-state index contributed by atoms with van der Waals surface area (Å²) >= 11 is 1.90. The molecule has 0 saturated carbocycles. The lowest BCUT2D eigenvalue weighted by Crippen LogP contribution is -2.51. The van der Waals surface area contributed by atoms with Gasteiger partial charge in [0.25, 0.3) is 0 Å². The fourth-order valence-electron chi connectivity index (χ4n) is 3.64. The molecular weight excluding hydrogens is 240 g/mol. The Morgan fingerprint density at radius 1 is 1.33 bits per heavy atom. The van der Waals surface area contributed by atoms with Gasteiger partial charge in [-0.2, -0.15) is 0 Å². The highest BCUT2D eigenvalue weighted by atomic mass is 32.1. The van der Waals surface area contributed by atoms with E-state index in [0.29, 0.717) is 11.0 Å². The minimum atomic E-state index is 0.279. The van der Waals surface area contributed by atoms with E-state index in [1.165, 1.54) is 37.9 Å². The van der Waals surface area contributed by atoms with Crippen LogP contribution in [0.4, 0.5) is 0 Å². The van der Waals surface area contributed by atoms with Crippen molar-refractivity contribution in [1.29, 1.82) is 0 Å². The smallest absolute Gasteiger partial charge is 0.0367 e. The molecule has 1 spiro atoms. The van der Waals surface area contributed by atoms with Gasteiger partial charge in [-0.05, 0) is 75.5 Å². The predicted molar refractivity (Wildman–Crippen MR) is 77.9 cm³/mol. The van der Waals surface area contributed by atoms with E-state index in [9.17, 15) is 0 Å². The zero-order chi connectivity index (χ0) is 13.0. The largest absolute Gasteiger partial charge is 0.323 e. The zero-order valence-corrected chi connectivity index (χ0v) is 12.5. The van der Waals surface area contributed by atoms with Crippen LogP contribution >= 0.6 is 11.3 Å². The predicted octanol–water partition coefficient (Wildman–Crippen LogP) is 3.18. The summed E-state index contributed by atoms with van der Waals surface area (Å²) in [6.07, 6.45) is 3.73. The molecule has 0 amide bonds. The second-order valence-corrected chi connectivity index (χ2v) is 7.97. The van der Waals surface area contributed by atoms with Crippen molar-refractivity contribution in [1.82, 2.24) is 4.90 Å². The SMILES string of the molecule is CC(C)(C)N1CCC2(CC1)Cc1sccc1C2N. The van der Waals surface area contributed by atoms with Gasteiger partial charge in [-0.25, -0.2) is 0 Å². The Kier molecular flexibility index (Phi) is 2.85. The molecule has 1 aromatic rings. The van der Waals surface area contributed by atoms with Gasteiger partial charge in [0, 0.05) is 16.5 Å². The van der Waals surface area contributed by atoms with Gasteiger partial charge in [0.05, 0.1) is 0 Å². The summed E-state index contributed by atoms with van der Waals surface area (Å²) in [6, 6.07) is 2.52. The lowest BCUT2D eigenvalue weighted by molar-refractivity contribution is 0.0347. The molecular formula is C15H24N2S. The van der Waals surface area contributed by atoms with Gasteiger partial charge in [-0.1, -0.05) is 0 Å². The van der Waals surface area contributed by atoms with Crippen LogP contribution in [0.2, 0.25) is 0 Å². The number of rotatable bonds is 0. The van der Waals surface area contributed by atoms with E-state index >= 15 is 0 Å². The van der Waals surface area contributed by atoms with E-state index in [1.54, 1.807) is 4.88 Å². The third-order valence-electron chi connectivity index (χ3n) is 5.00. The summed E-state index contributed by atoms with van der Waals surface area (Å²) in [5.41, 5.74) is 8.64. The van der Waals surface area contributed by atoms with Crippen LogP contribution in [0.3, 0.4) is 0 Å². The Balaban J connectivity index is 1.76. The molecule has 3 rings (SSSR count). The van der Waals surface area contributed by atoms with Crippen molar-refractivity contribution in [2.45, 2.75) is 51.6 Å². The molecule has 1 unspecified atom stereocenters. The number of hydrogen-bond acceptors (Lipinski definition) is 3. The quantitative estimate of drug-likeness (QED) is 0.780. The molecule has 1 atom stereocenters. The van der Waals surface area contributed by atoms with Gasteiger partial charge in [-0.15, -0.1) is 11.3 Å². The average Bonchev–Trinajstić information content (AvgIpc) is 2.83. The Hall–Kier alpha value is -0.380. The van der Waals surface area contributed by atoms with Crippen LogP contribution in [0.1, 0.15) is 50.1 Å². The van der Waals surface area contributed by atoms with Gasteiger partial charge in [0.1, 0.15) is 0 Å². The average molecular weight is 264 g/mol. The van der Waals surface area contributed by atoms with Gasteiger partial charge in [-0.3, -0.25) is 4.90 Å². The lowest BCUT2D eigenvalue weighted by atomic mass is 9.72. The van der Waals surface area contributed by atoms with E-state index in [0.717, 1.165) is 0 Å². The zero-order valence-electron chi connectivity index (χ0n) is 11.7. The molecule has 2 aliphatic rings. The lowest BCUT2D eigenvalue weighted by Gasteiger charge is -2.47. The molecule has 2 nitrogen and oxygen atoms in total. The minimum Gasteiger partial charge on any atom is -0.323 e. The number of thiophene rings is 1. The van der Waals surface area contributed by atoms with Crippen molar-refractivity contribution in [3.8, 4) is 0 Å². The highest BCUT2D eigenvalue weighted by Crippen LogP contribution is 2.52. The van der Waals surface area contributed by atoms with Gasteiger partial charge in [0.15, 0.2) is 0 Å². The molecule has 2 N–H and O–H groups in total. The first kappa shape index (κ1) is 12.6. The van der Waals surface area contributed by atoms with Crippen molar-refractivity contribution in [2.75, 3.05) is 13.1 Å². The molecule has 1 saturated heterocycles. The molecule has 2 heterocycles. The topological polar surface area (TPSA) is 29.3 Å². The summed E-state index contributed by atoms with van der Waals surface area (Å²) in [7, 11) is 0. The summed E-state index contributed by atoms with van der Waals surface area (Å²) in [5, 5.41) is 2.20. The summed E-state index contributed by atoms with van der Waals surface area (Å²) in [4.78, 5) is 4.16. The van der Waals surface area contributed by atoms with Gasteiger partial charge >= 0.3 is 0 Å². The van der Waals surface area contributed by atoms with Gasteiger partial charge in [0.2, 0.25) is 0 Å². The van der Waals surface area contributed by atoms with Crippen molar-refractivity contribution >= 4 is 11.3 Å². The summed E-state index contributed by atoms with van der Waals surface area (Å²) < 4.78 is 0. The summed E-state index contributed by atoms with van der Waals surface area (Å²) in [6.45, 7) is 9.35. The Morgan fingerprint density at radius 3 is 2.56 bits per heavy atom. The number of likely N-dealkylation sites (tertiary alicyclic amines) is 1. The van der Waals surface area contributed by atoms with Gasteiger partial charge < -0.3 is 5.73 Å². The van der Waals surface area contributed by atoms with Crippen LogP contribution in [-0.4, -0.2) is 23.5 Å². The van der Waals surface area contributed by atoms with Crippen LogP contribution in [-0.2, 0) is 6.42 Å². The van der Waals surface area contributed by atoms with Crippen LogP contribution in [0.5, 0.6) is 0 Å². The van der Waals surface area contributed by atoms with Crippen LogP contribution in [0.15, 0.2) is 11.4 Å². The molecule has 18 heavy (non-hydrogen) atoms. The van der Waals surface area contributed by atoms with E-state index < -0.39 is 0 Å².